The van der Waals surface area contributed by atoms with Gasteiger partial charge in [0.05, 0.1) is 29.5 Å². The topological polar surface area (TPSA) is 66.9 Å². The molecular formula is C22H18N4O. The summed E-state index contributed by atoms with van der Waals surface area (Å²) in [7, 11) is 0. The van der Waals surface area contributed by atoms with E-state index >= 15 is 0 Å². The van der Waals surface area contributed by atoms with E-state index in [1.807, 2.05) is 66.7 Å². The summed E-state index contributed by atoms with van der Waals surface area (Å²) in [6, 6.07) is 23.2. The summed E-state index contributed by atoms with van der Waals surface area (Å²) >= 11 is 0. The standard InChI is InChI=1S/C22H18N4O/c27-21(14-16-6-2-1-3-7-16)26-20-12-11-18(15-24-20)25-19-10-4-8-17-9-5-13-23-22(17)19/h1-13,15,25H,14H2,(H,24,26,27). The van der Waals surface area contributed by atoms with Crippen molar-refractivity contribution in [3.8, 4) is 0 Å². The molecule has 0 radical (unpaired) electrons. The Morgan fingerprint density at radius 3 is 2.52 bits per heavy atom. The third-order valence-electron chi connectivity index (χ3n) is 4.15. The molecule has 132 valence electrons. The van der Waals surface area contributed by atoms with Crippen LogP contribution in [0.4, 0.5) is 17.2 Å². The van der Waals surface area contributed by atoms with E-state index in [2.05, 4.69) is 20.6 Å². The molecule has 0 aliphatic carbocycles. The van der Waals surface area contributed by atoms with Gasteiger partial charge in [-0.05, 0) is 29.8 Å². The maximum atomic E-state index is 12.1. The highest BCUT2D eigenvalue weighted by atomic mass is 16.1. The number of carbonyl (C=O) groups is 1. The second-order valence-electron chi connectivity index (χ2n) is 6.15. The van der Waals surface area contributed by atoms with Crippen LogP contribution < -0.4 is 10.6 Å². The number of nitrogens with one attached hydrogen (secondary N) is 2. The first-order chi connectivity index (χ1) is 13.3. The molecule has 2 aromatic heterocycles. The predicted octanol–water partition coefficient (Wildman–Crippen LogP) is 4.55. The van der Waals surface area contributed by atoms with E-state index in [9.17, 15) is 4.79 Å². The Balaban J connectivity index is 1.43. The van der Waals surface area contributed by atoms with Crippen molar-refractivity contribution in [1.82, 2.24) is 9.97 Å². The Morgan fingerprint density at radius 2 is 1.70 bits per heavy atom. The Kier molecular flexibility index (Phi) is 4.74. The number of rotatable bonds is 5. The zero-order valence-corrected chi connectivity index (χ0v) is 14.6. The molecule has 0 saturated carbocycles. The molecule has 0 saturated heterocycles. The fraction of sp³-hybridized carbons (Fsp3) is 0.0455. The van der Waals surface area contributed by atoms with Crippen LogP contribution in [0.5, 0.6) is 0 Å². The number of pyridine rings is 2. The van der Waals surface area contributed by atoms with Crippen molar-refractivity contribution in [2.75, 3.05) is 10.6 Å². The van der Waals surface area contributed by atoms with Gasteiger partial charge in [-0.1, -0.05) is 48.5 Å². The van der Waals surface area contributed by atoms with Crippen LogP contribution in [0.1, 0.15) is 5.56 Å². The van der Waals surface area contributed by atoms with Crippen molar-refractivity contribution < 1.29 is 4.79 Å². The molecule has 2 heterocycles. The van der Waals surface area contributed by atoms with Gasteiger partial charge in [0, 0.05) is 11.6 Å². The van der Waals surface area contributed by atoms with Crippen molar-refractivity contribution in [2.24, 2.45) is 0 Å². The average molecular weight is 354 g/mol. The zero-order chi connectivity index (χ0) is 18.5. The summed E-state index contributed by atoms with van der Waals surface area (Å²) in [6.07, 6.45) is 3.79. The lowest BCUT2D eigenvalue weighted by Gasteiger charge is -2.10. The predicted molar refractivity (Wildman–Crippen MR) is 108 cm³/mol. The molecule has 4 aromatic rings. The van der Waals surface area contributed by atoms with Gasteiger partial charge < -0.3 is 10.6 Å². The third kappa shape index (κ3) is 4.10. The summed E-state index contributed by atoms with van der Waals surface area (Å²) in [6.45, 7) is 0. The minimum Gasteiger partial charge on any atom is -0.352 e. The number of aromatic nitrogens is 2. The molecule has 2 N–H and O–H groups in total. The van der Waals surface area contributed by atoms with E-state index in [1.165, 1.54) is 0 Å². The monoisotopic (exact) mass is 354 g/mol. The lowest BCUT2D eigenvalue weighted by Crippen LogP contribution is -2.15. The number of carbonyl (C=O) groups excluding carboxylic acids is 1. The first-order valence-corrected chi connectivity index (χ1v) is 8.68. The van der Waals surface area contributed by atoms with Crippen LogP contribution in [0.2, 0.25) is 0 Å². The quantitative estimate of drug-likeness (QED) is 0.551. The molecule has 0 fully saturated rings. The van der Waals surface area contributed by atoms with Crippen LogP contribution in [0.3, 0.4) is 0 Å². The number of fused-ring (bicyclic) bond motifs is 1. The molecule has 4 rings (SSSR count). The Bertz CT molecular complexity index is 1060. The maximum absolute atomic E-state index is 12.1. The van der Waals surface area contributed by atoms with Crippen molar-refractivity contribution in [1.29, 1.82) is 0 Å². The average Bonchev–Trinajstić information content (AvgIpc) is 2.70. The van der Waals surface area contributed by atoms with Gasteiger partial charge in [0.1, 0.15) is 5.82 Å². The number of hydrogen-bond donors (Lipinski definition) is 2. The van der Waals surface area contributed by atoms with Crippen LogP contribution in [-0.2, 0) is 11.2 Å². The zero-order valence-electron chi connectivity index (χ0n) is 14.6. The number of amides is 1. The highest BCUT2D eigenvalue weighted by Crippen LogP contribution is 2.24. The van der Waals surface area contributed by atoms with Crippen LogP contribution in [0.25, 0.3) is 10.9 Å². The van der Waals surface area contributed by atoms with Gasteiger partial charge in [-0.15, -0.1) is 0 Å². The normalized spacial score (nSPS) is 10.5. The van der Waals surface area contributed by atoms with Gasteiger partial charge in [0.25, 0.3) is 0 Å². The Labute approximate surface area is 157 Å². The van der Waals surface area contributed by atoms with Crippen LogP contribution in [0, 0.1) is 0 Å². The number of benzene rings is 2. The van der Waals surface area contributed by atoms with Crippen molar-refractivity contribution in [3.63, 3.8) is 0 Å². The summed E-state index contributed by atoms with van der Waals surface area (Å²) in [5.74, 6) is 0.435. The van der Waals surface area contributed by atoms with Crippen molar-refractivity contribution in [2.45, 2.75) is 6.42 Å². The van der Waals surface area contributed by atoms with Gasteiger partial charge in [0.2, 0.25) is 5.91 Å². The number of para-hydroxylation sites is 1. The van der Waals surface area contributed by atoms with E-state index in [4.69, 9.17) is 0 Å². The maximum Gasteiger partial charge on any atom is 0.229 e. The highest BCUT2D eigenvalue weighted by Gasteiger charge is 2.06. The van der Waals surface area contributed by atoms with Gasteiger partial charge in [0.15, 0.2) is 0 Å². The molecule has 0 bridgehead atoms. The van der Waals surface area contributed by atoms with E-state index in [1.54, 1.807) is 18.5 Å². The molecule has 1 amide bonds. The summed E-state index contributed by atoms with van der Waals surface area (Å²) in [5, 5.41) is 7.22. The molecule has 5 nitrogen and oxygen atoms in total. The molecule has 5 heteroatoms. The Morgan fingerprint density at radius 1 is 0.852 bits per heavy atom. The van der Waals surface area contributed by atoms with E-state index in [0.29, 0.717) is 12.2 Å². The lowest BCUT2D eigenvalue weighted by molar-refractivity contribution is -0.115. The summed E-state index contributed by atoms with van der Waals surface area (Å²) in [5.41, 5.74) is 3.61. The smallest absolute Gasteiger partial charge is 0.229 e. The van der Waals surface area contributed by atoms with Gasteiger partial charge in [-0.3, -0.25) is 9.78 Å². The first kappa shape index (κ1) is 16.7. The molecule has 0 spiro atoms. The summed E-state index contributed by atoms with van der Waals surface area (Å²) < 4.78 is 0. The van der Waals surface area contributed by atoms with E-state index in [0.717, 1.165) is 27.8 Å². The summed E-state index contributed by atoms with van der Waals surface area (Å²) in [4.78, 5) is 20.9. The fourth-order valence-electron chi connectivity index (χ4n) is 2.87. The SMILES string of the molecule is O=C(Cc1ccccc1)Nc1ccc(Nc2cccc3cccnc23)cn1. The van der Waals surface area contributed by atoms with Crippen LogP contribution in [0.15, 0.2) is 85.2 Å². The van der Waals surface area contributed by atoms with E-state index in [-0.39, 0.29) is 5.91 Å². The van der Waals surface area contributed by atoms with Crippen LogP contribution in [-0.4, -0.2) is 15.9 Å². The molecule has 0 aliphatic heterocycles. The van der Waals surface area contributed by atoms with Gasteiger partial charge in [-0.2, -0.15) is 0 Å². The molecular weight excluding hydrogens is 336 g/mol. The molecule has 2 aromatic carbocycles. The van der Waals surface area contributed by atoms with Gasteiger partial charge >= 0.3 is 0 Å². The minimum atomic E-state index is -0.0901. The third-order valence-corrected chi connectivity index (χ3v) is 4.15. The highest BCUT2D eigenvalue weighted by molar-refractivity contribution is 5.93. The van der Waals surface area contributed by atoms with Crippen molar-refractivity contribution in [3.05, 3.63) is 90.8 Å². The number of hydrogen-bond acceptors (Lipinski definition) is 4. The largest absolute Gasteiger partial charge is 0.352 e. The molecule has 27 heavy (non-hydrogen) atoms. The van der Waals surface area contributed by atoms with E-state index < -0.39 is 0 Å². The second kappa shape index (κ2) is 7.66. The van der Waals surface area contributed by atoms with Crippen LogP contribution >= 0.6 is 0 Å². The first-order valence-electron chi connectivity index (χ1n) is 8.68. The molecule has 0 unspecified atom stereocenters. The molecule has 0 atom stereocenters. The number of anilines is 3. The lowest BCUT2D eigenvalue weighted by atomic mass is 10.1. The Hall–Kier alpha value is -3.73. The van der Waals surface area contributed by atoms with Crippen molar-refractivity contribution >= 4 is 34.0 Å². The second-order valence-corrected chi connectivity index (χ2v) is 6.15. The minimum absolute atomic E-state index is 0.0901. The number of nitrogens with zero attached hydrogens (tertiary/aromatic N) is 2. The van der Waals surface area contributed by atoms with Gasteiger partial charge in [-0.25, -0.2) is 4.98 Å². The molecule has 0 aliphatic rings. The fourth-order valence-corrected chi connectivity index (χ4v) is 2.87.